The molecule has 0 aliphatic carbocycles. The quantitative estimate of drug-likeness (QED) is 0.439. The fourth-order valence-electron chi connectivity index (χ4n) is 4.00. The fraction of sp³-hybridized carbons (Fsp3) is 0.682. The van der Waals surface area contributed by atoms with Gasteiger partial charge in [-0.2, -0.15) is 0 Å². The summed E-state index contributed by atoms with van der Waals surface area (Å²) in [7, 11) is 9.45. The van der Waals surface area contributed by atoms with E-state index in [0.29, 0.717) is 43.2 Å². The number of ether oxygens (including phenoxy) is 3. The maximum absolute atomic E-state index is 13.4. The van der Waals surface area contributed by atoms with E-state index in [2.05, 4.69) is 0 Å². The molecule has 1 aliphatic heterocycles. The number of carbonyl (C=O) groups excluding carboxylic acids is 1. The summed E-state index contributed by atoms with van der Waals surface area (Å²) in [4.78, 5) is 17.1. The molecule has 1 aliphatic rings. The summed E-state index contributed by atoms with van der Waals surface area (Å²) in [5, 5.41) is 9.22. The molecule has 0 spiro atoms. The Morgan fingerprint density at radius 2 is 2.03 bits per heavy atom. The third-order valence-electron chi connectivity index (χ3n) is 5.53. The third-order valence-corrected chi connectivity index (χ3v) is 5.53. The average Bonchev–Trinajstić information content (AvgIpc) is 2.73. The van der Waals surface area contributed by atoms with Crippen molar-refractivity contribution in [1.82, 2.24) is 9.71 Å². The van der Waals surface area contributed by atoms with Crippen LogP contribution in [0.2, 0.25) is 0 Å². The van der Waals surface area contributed by atoms with Crippen LogP contribution in [0.1, 0.15) is 49.9 Å². The Morgan fingerprint density at radius 1 is 1.27 bits per heavy atom. The van der Waals surface area contributed by atoms with Crippen molar-refractivity contribution in [3.05, 3.63) is 23.8 Å². The predicted molar refractivity (Wildman–Crippen MR) is 117 cm³/mol. The Hall–Kier alpha value is -1.77. The first-order valence-corrected chi connectivity index (χ1v) is 10.7. The molecule has 1 N–H and O–H groups in total. The number of hydrogen-bond acceptors (Lipinski definition) is 6. The lowest BCUT2D eigenvalue weighted by molar-refractivity contribution is 0.0460. The Morgan fingerprint density at radius 3 is 2.63 bits per heavy atom. The molecule has 1 unspecified atom stereocenters. The van der Waals surface area contributed by atoms with Crippen molar-refractivity contribution >= 4 is 13.9 Å². The van der Waals surface area contributed by atoms with Crippen LogP contribution < -0.4 is 9.47 Å². The molecular formula is C22H35BN2O5. The van der Waals surface area contributed by atoms with Crippen molar-refractivity contribution < 1.29 is 24.1 Å². The van der Waals surface area contributed by atoms with Gasteiger partial charge in [-0.1, -0.05) is 0 Å². The molecule has 30 heavy (non-hydrogen) atoms. The Kier molecular flexibility index (Phi) is 9.95. The summed E-state index contributed by atoms with van der Waals surface area (Å²) in [6, 6.07) is 5.49. The molecule has 2 rings (SSSR count). The lowest BCUT2D eigenvalue weighted by atomic mass is 9.91. The van der Waals surface area contributed by atoms with Gasteiger partial charge in [0.1, 0.15) is 0 Å². The number of aliphatic hydroxyl groups excluding tert-OH is 1. The minimum atomic E-state index is -0.0478. The van der Waals surface area contributed by atoms with E-state index in [1.165, 1.54) is 0 Å². The number of piperidine rings is 1. The van der Waals surface area contributed by atoms with E-state index >= 15 is 0 Å². The van der Waals surface area contributed by atoms with E-state index in [9.17, 15) is 9.90 Å². The third kappa shape index (κ3) is 6.36. The highest BCUT2D eigenvalue weighted by Gasteiger charge is 2.33. The molecule has 1 aromatic carbocycles. The number of aliphatic hydroxyl groups is 1. The first kappa shape index (κ1) is 24.5. The molecule has 1 heterocycles. The number of hydrogen-bond donors (Lipinski definition) is 1. The minimum Gasteiger partial charge on any atom is -0.493 e. The van der Waals surface area contributed by atoms with E-state index in [1.807, 2.05) is 18.7 Å². The SMILES string of the molecule is [B]N1CC(N(C(=O)c2ccc(OC)c(OCCCOC)c2)C(C)C)CC[C@H]1CCO. The van der Waals surface area contributed by atoms with Crippen molar-refractivity contribution in [3.8, 4) is 11.5 Å². The van der Waals surface area contributed by atoms with Gasteiger partial charge in [-0.15, -0.1) is 0 Å². The minimum absolute atomic E-state index is 0.0191. The zero-order valence-corrected chi connectivity index (χ0v) is 18.7. The van der Waals surface area contributed by atoms with Gasteiger partial charge in [0.15, 0.2) is 19.5 Å². The predicted octanol–water partition coefficient (Wildman–Crippen LogP) is 2.26. The van der Waals surface area contributed by atoms with Crippen molar-refractivity contribution in [2.24, 2.45) is 0 Å². The largest absolute Gasteiger partial charge is 0.493 e. The maximum Gasteiger partial charge on any atom is 0.254 e. The molecule has 1 saturated heterocycles. The molecule has 8 heteroatoms. The van der Waals surface area contributed by atoms with E-state index in [1.54, 1.807) is 37.2 Å². The highest BCUT2D eigenvalue weighted by molar-refractivity contribution is 6.04. The number of benzene rings is 1. The molecule has 1 amide bonds. The highest BCUT2D eigenvalue weighted by atomic mass is 16.5. The van der Waals surface area contributed by atoms with Gasteiger partial charge in [0.2, 0.25) is 0 Å². The maximum atomic E-state index is 13.4. The second-order valence-corrected chi connectivity index (χ2v) is 7.96. The normalized spacial score (nSPS) is 19.7. The highest BCUT2D eigenvalue weighted by Crippen LogP contribution is 2.30. The number of methoxy groups -OCH3 is 2. The lowest BCUT2D eigenvalue weighted by Crippen LogP contribution is -2.55. The van der Waals surface area contributed by atoms with Crippen LogP contribution in [0.15, 0.2) is 18.2 Å². The Labute approximate surface area is 181 Å². The zero-order valence-electron chi connectivity index (χ0n) is 18.7. The molecular weight excluding hydrogens is 383 g/mol. The van der Waals surface area contributed by atoms with Crippen molar-refractivity contribution in [3.63, 3.8) is 0 Å². The van der Waals surface area contributed by atoms with Crippen LogP contribution in [0.4, 0.5) is 0 Å². The molecule has 7 nitrogen and oxygen atoms in total. The van der Waals surface area contributed by atoms with Gasteiger partial charge in [0.25, 0.3) is 5.91 Å². The standard InChI is InChI=1S/C22H35BN2O5/c1-16(2)25(19-8-7-18(10-11-26)24(23)15-19)22(27)17-6-9-20(29-4)21(14-17)30-13-5-12-28-3/h6,9,14,16,18-19,26H,5,7-8,10-13,15H2,1-4H3/t18-,19?/m0/s1. The van der Waals surface area contributed by atoms with E-state index in [4.69, 9.17) is 22.2 Å². The molecule has 1 aromatic rings. The van der Waals surface area contributed by atoms with Crippen LogP contribution in [0.25, 0.3) is 0 Å². The van der Waals surface area contributed by atoms with E-state index < -0.39 is 0 Å². The Bertz CT molecular complexity index is 673. The fourth-order valence-corrected chi connectivity index (χ4v) is 4.00. The monoisotopic (exact) mass is 418 g/mol. The second kappa shape index (κ2) is 12.2. The van der Waals surface area contributed by atoms with Gasteiger partial charge < -0.3 is 29.0 Å². The number of amides is 1. The summed E-state index contributed by atoms with van der Waals surface area (Å²) in [5.41, 5.74) is 0.562. The smallest absolute Gasteiger partial charge is 0.254 e. The molecule has 0 bridgehead atoms. The molecule has 0 aromatic heterocycles. The first-order chi connectivity index (χ1) is 14.4. The van der Waals surface area contributed by atoms with E-state index in [0.717, 1.165) is 19.3 Å². The van der Waals surface area contributed by atoms with Crippen molar-refractivity contribution in [1.29, 1.82) is 0 Å². The second-order valence-electron chi connectivity index (χ2n) is 7.96. The zero-order chi connectivity index (χ0) is 22.1. The number of nitrogens with zero attached hydrogens (tertiary/aromatic N) is 2. The van der Waals surface area contributed by atoms with Gasteiger partial charge >= 0.3 is 0 Å². The summed E-state index contributed by atoms with van der Waals surface area (Å²) < 4.78 is 16.3. The summed E-state index contributed by atoms with van der Waals surface area (Å²) >= 11 is 0. The van der Waals surface area contributed by atoms with Crippen molar-refractivity contribution in [2.45, 2.75) is 57.7 Å². The summed E-state index contributed by atoms with van der Waals surface area (Å²) in [6.07, 6.45) is 3.12. The molecule has 0 saturated carbocycles. The van der Waals surface area contributed by atoms with Gasteiger partial charge in [-0.25, -0.2) is 0 Å². The van der Waals surface area contributed by atoms with Gasteiger partial charge in [0, 0.05) is 57.0 Å². The lowest BCUT2D eigenvalue weighted by Gasteiger charge is -2.44. The van der Waals surface area contributed by atoms with Crippen LogP contribution in [-0.4, -0.2) is 87.4 Å². The van der Waals surface area contributed by atoms with Gasteiger partial charge in [-0.3, -0.25) is 4.79 Å². The van der Waals surface area contributed by atoms with Crippen LogP contribution in [0.5, 0.6) is 11.5 Å². The first-order valence-electron chi connectivity index (χ1n) is 10.7. The molecule has 2 radical (unpaired) electrons. The average molecular weight is 418 g/mol. The van der Waals surface area contributed by atoms with Crippen LogP contribution in [-0.2, 0) is 4.74 Å². The molecule has 1 fully saturated rings. The van der Waals surface area contributed by atoms with Crippen LogP contribution >= 0.6 is 0 Å². The van der Waals surface area contributed by atoms with Crippen LogP contribution in [0, 0.1) is 0 Å². The van der Waals surface area contributed by atoms with Gasteiger partial charge in [-0.05, 0) is 51.3 Å². The Balaban J connectivity index is 2.16. The summed E-state index contributed by atoms with van der Waals surface area (Å²) in [5.74, 6) is 1.10. The number of rotatable bonds is 11. The van der Waals surface area contributed by atoms with E-state index in [-0.39, 0.29) is 30.6 Å². The molecule has 2 atom stereocenters. The molecule has 166 valence electrons. The summed E-state index contributed by atoms with van der Waals surface area (Å²) in [6.45, 7) is 5.83. The topological polar surface area (TPSA) is 71.5 Å². The van der Waals surface area contributed by atoms with Gasteiger partial charge in [0.05, 0.1) is 13.7 Å². The van der Waals surface area contributed by atoms with Crippen molar-refractivity contribution in [2.75, 3.05) is 40.6 Å². The number of carbonyl (C=O) groups is 1. The van der Waals surface area contributed by atoms with Crippen LogP contribution in [0.3, 0.4) is 0 Å².